The van der Waals surface area contributed by atoms with Crippen LogP contribution in [0.1, 0.15) is 27.6 Å². The lowest BCUT2D eigenvalue weighted by atomic mass is 10.1. The van der Waals surface area contributed by atoms with Crippen LogP contribution in [0.25, 0.3) is 0 Å². The summed E-state index contributed by atoms with van der Waals surface area (Å²) in [5.74, 6) is -0.489. The summed E-state index contributed by atoms with van der Waals surface area (Å²) in [6.45, 7) is 1.45. The molecule has 7 heteroatoms. The van der Waals surface area contributed by atoms with E-state index in [-0.39, 0.29) is 22.8 Å². The van der Waals surface area contributed by atoms with Gasteiger partial charge in [0.25, 0.3) is 5.91 Å². The smallest absolute Gasteiger partial charge is 0.311 e. The van der Waals surface area contributed by atoms with Gasteiger partial charge in [0.15, 0.2) is 11.5 Å². The van der Waals surface area contributed by atoms with Crippen LogP contribution in [0.15, 0.2) is 42.5 Å². The van der Waals surface area contributed by atoms with Crippen molar-refractivity contribution in [3.63, 3.8) is 0 Å². The van der Waals surface area contributed by atoms with Gasteiger partial charge in [-0.15, -0.1) is 0 Å². The summed E-state index contributed by atoms with van der Waals surface area (Å²) >= 11 is 0. The molecule has 0 aliphatic rings. The number of hydrogen-bond donors (Lipinski definition) is 1. The van der Waals surface area contributed by atoms with Crippen molar-refractivity contribution in [1.29, 1.82) is 0 Å². The van der Waals surface area contributed by atoms with Crippen LogP contribution in [-0.4, -0.2) is 23.7 Å². The van der Waals surface area contributed by atoms with Gasteiger partial charge in [0.2, 0.25) is 0 Å². The molecule has 0 aliphatic heterocycles. The van der Waals surface area contributed by atoms with E-state index < -0.39 is 10.8 Å². The Morgan fingerprint density at radius 1 is 1.09 bits per heavy atom. The van der Waals surface area contributed by atoms with E-state index >= 15 is 0 Å². The van der Waals surface area contributed by atoms with E-state index in [0.717, 1.165) is 6.07 Å². The highest BCUT2D eigenvalue weighted by Gasteiger charge is 2.18. The van der Waals surface area contributed by atoms with Crippen LogP contribution in [-0.2, 0) is 0 Å². The fourth-order valence-corrected chi connectivity index (χ4v) is 1.97. The van der Waals surface area contributed by atoms with Gasteiger partial charge >= 0.3 is 5.69 Å². The fraction of sp³-hybridized carbons (Fsp3) is 0.125. The molecule has 0 bridgehead atoms. The Labute approximate surface area is 132 Å². The maximum atomic E-state index is 12.2. The minimum Gasteiger partial charge on any atom is -0.490 e. The van der Waals surface area contributed by atoms with Crippen LogP contribution in [0.2, 0.25) is 0 Å². The second kappa shape index (κ2) is 6.69. The van der Waals surface area contributed by atoms with E-state index in [9.17, 15) is 19.7 Å². The molecule has 0 aromatic heterocycles. The Bertz CT molecular complexity index is 769. The van der Waals surface area contributed by atoms with Crippen LogP contribution in [0.4, 0.5) is 11.4 Å². The second-order valence-electron chi connectivity index (χ2n) is 4.73. The first kappa shape index (κ1) is 16.2. The van der Waals surface area contributed by atoms with E-state index in [1.807, 2.05) is 0 Å². The number of methoxy groups -OCH3 is 1. The quantitative estimate of drug-likeness (QED) is 0.519. The fourth-order valence-electron chi connectivity index (χ4n) is 1.97. The Balaban J connectivity index is 2.22. The highest BCUT2D eigenvalue weighted by atomic mass is 16.6. The summed E-state index contributed by atoms with van der Waals surface area (Å²) in [4.78, 5) is 33.7. The number of hydrogen-bond acceptors (Lipinski definition) is 5. The zero-order chi connectivity index (χ0) is 17.0. The molecular weight excluding hydrogens is 300 g/mol. The number of rotatable bonds is 5. The summed E-state index contributed by atoms with van der Waals surface area (Å²) < 4.78 is 4.89. The molecule has 118 valence electrons. The highest BCUT2D eigenvalue weighted by Crippen LogP contribution is 2.27. The average Bonchev–Trinajstić information content (AvgIpc) is 2.54. The molecule has 0 spiro atoms. The second-order valence-corrected chi connectivity index (χ2v) is 4.73. The normalized spacial score (nSPS) is 10.0. The van der Waals surface area contributed by atoms with E-state index in [2.05, 4.69) is 5.32 Å². The van der Waals surface area contributed by atoms with Crippen molar-refractivity contribution in [2.75, 3.05) is 12.4 Å². The number of nitrogens with zero attached hydrogens (tertiary/aromatic N) is 1. The number of benzene rings is 2. The zero-order valence-electron chi connectivity index (χ0n) is 12.5. The predicted molar refractivity (Wildman–Crippen MR) is 84.0 cm³/mol. The van der Waals surface area contributed by atoms with Gasteiger partial charge in [-0.25, -0.2) is 0 Å². The lowest BCUT2D eigenvalue weighted by molar-refractivity contribution is -0.385. The van der Waals surface area contributed by atoms with Crippen molar-refractivity contribution in [1.82, 2.24) is 0 Å². The number of nitro groups is 1. The molecule has 0 fully saturated rings. The third kappa shape index (κ3) is 3.70. The molecule has 1 amide bonds. The third-order valence-electron chi connectivity index (χ3n) is 3.19. The number of Topliss-reactive ketones (excluding diaryl/α,β-unsaturated/α-hetero) is 1. The first-order chi connectivity index (χ1) is 10.9. The lowest BCUT2D eigenvalue weighted by Crippen LogP contribution is -2.12. The zero-order valence-corrected chi connectivity index (χ0v) is 12.5. The summed E-state index contributed by atoms with van der Waals surface area (Å²) in [6, 6.07) is 10.3. The summed E-state index contributed by atoms with van der Waals surface area (Å²) in [5.41, 5.74) is 0.863. The van der Waals surface area contributed by atoms with Crippen molar-refractivity contribution < 1.29 is 19.2 Å². The van der Waals surface area contributed by atoms with Crippen LogP contribution in [0.5, 0.6) is 5.75 Å². The maximum absolute atomic E-state index is 12.2. The molecule has 2 rings (SSSR count). The summed E-state index contributed by atoms with van der Waals surface area (Å²) in [5, 5.41) is 13.6. The van der Waals surface area contributed by atoms with Gasteiger partial charge in [0, 0.05) is 22.9 Å². The number of ketones is 1. The molecule has 1 N–H and O–H groups in total. The molecule has 7 nitrogen and oxygen atoms in total. The number of amides is 1. The van der Waals surface area contributed by atoms with Crippen LogP contribution in [0.3, 0.4) is 0 Å². The molecule has 0 unspecified atom stereocenters. The molecule has 23 heavy (non-hydrogen) atoms. The molecule has 2 aromatic rings. The van der Waals surface area contributed by atoms with Crippen LogP contribution in [0, 0.1) is 10.1 Å². The third-order valence-corrected chi connectivity index (χ3v) is 3.19. The lowest BCUT2D eigenvalue weighted by Gasteiger charge is -2.07. The van der Waals surface area contributed by atoms with Crippen molar-refractivity contribution in [2.45, 2.75) is 6.92 Å². The number of ether oxygens (including phenoxy) is 1. The van der Waals surface area contributed by atoms with Gasteiger partial charge < -0.3 is 10.1 Å². The van der Waals surface area contributed by atoms with Crippen molar-refractivity contribution in [3.05, 3.63) is 63.7 Å². The standard InChI is InChI=1S/C16H14N2O5/c1-10(19)11-3-6-13(7-4-11)17-16(20)12-5-8-15(23-2)14(9-12)18(21)22/h3-9H,1-2H3,(H,17,20). The molecule has 0 saturated heterocycles. The molecule has 0 saturated carbocycles. The topological polar surface area (TPSA) is 98.5 Å². The number of carbonyl (C=O) groups is 2. The molecule has 0 heterocycles. The van der Waals surface area contributed by atoms with Gasteiger partial charge in [-0.05, 0) is 43.3 Å². The molecule has 0 atom stereocenters. The SMILES string of the molecule is COc1ccc(C(=O)Nc2ccc(C(C)=O)cc2)cc1[N+](=O)[O-]. The van der Waals surface area contributed by atoms with E-state index in [1.165, 1.54) is 26.2 Å². The maximum Gasteiger partial charge on any atom is 0.311 e. The van der Waals surface area contributed by atoms with Gasteiger partial charge in [-0.2, -0.15) is 0 Å². The summed E-state index contributed by atoms with van der Waals surface area (Å²) in [7, 11) is 1.32. The molecule has 0 radical (unpaired) electrons. The van der Waals surface area contributed by atoms with Crippen LogP contribution >= 0.6 is 0 Å². The highest BCUT2D eigenvalue weighted by molar-refractivity contribution is 6.05. The first-order valence-electron chi connectivity index (χ1n) is 6.67. The Hall–Kier alpha value is -3.22. The van der Waals surface area contributed by atoms with Crippen LogP contribution < -0.4 is 10.1 Å². The van der Waals surface area contributed by atoms with E-state index in [4.69, 9.17) is 4.74 Å². The van der Waals surface area contributed by atoms with Gasteiger partial charge in [0.05, 0.1) is 12.0 Å². The molecular formula is C16H14N2O5. The Morgan fingerprint density at radius 3 is 2.22 bits per heavy atom. The molecule has 2 aromatic carbocycles. The van der Waals surface area contributed by atoms with Gasteiger partial charge in [-0.1, -0.05) is 0 Å². The number of nitrogens with one attached hydrogen (secondary N) is 1. The van der Waals surface area contributed by atoms with Crippen molar-refractivity contribution in [2.24, 2.45) is 0 Å². The van der Waals surface area contributed by atoms with Gasteiger partial charge in [-0.3, -0.25) is 19.7 Å². The average molecular weight is 314 g/mol. The van der Waals surface area contributed by atoms with E-state index in [1.54, 1.807) is 24.3 Å². The number of anilines is 1. The minimum absolute atomic E-state index is 0.0753. The predicted octanol–water partition coefficient (Wildman–Crippen LogP) is 3.06. The largest absolute Gasteiger partial charge is 0.490 e. The van der Waals surface area contributed by atoms with Crippen molar-refractivity contribution in [3.8, 4) is 5.75 Å². The van der Waals surface area contributed by atoms with Gasteiger partial charge in [0.1, 0.15) is 0 Å². The number of nitro benzene ring substituents is 1. The van der Waals surface area contributed by atoms with Crippen molar-refractivity contribution >= 4 is 23.1 Å². The van der Waals surface area contributed by atoms with E-state index in [0.29, 0.717) is 11.3 Å². The summed E-state index contributed by atoms with van der Waals surface area (Å²) in [6.07, 6.45) is 0. The first-order valence-corrected chi connectivity index (χ1v) is 6.67. The minimum atomic E-state index is -0.614. The monoisotopic (exact) mass is 314 g/mol. The number of carbonyl (C=O) groups excluding carboxylic acids is 2. The molecule has 0 aliphatic carbocycles. The Kier molecular flexibility index (Phi) is 4.70. The Morgan fingerprint density at radius 2 is 1.70 bits per heavy atom.